The molecule has 0 aromatic carbocycles. The molecule has 0 unspecified atom stereocenters. The minimum absolute atomic E-state index is 0.861. The molecule has 0 aliphatic heterocycles. The summed E-state index contributed by atoms with van der Waals surface area (Å²) in [6, 6.07) is 0. The predicted octanol–water partition coefficient (Wildman–Crippen LogP) is 12.8. The first kappa shape index (κ1) is 36.4. The molecule has 1 nitrogen and oxygen atoms in total. The van der Waals surface area contributed by atoms with E-state index in [-0.39, 0.29) is 0 Å². The van der Waals surface area contributed by atoms with Gasteiger partial charge >= 0.3 is 0 Å². The van der Waals surface area contributed by atoms with Crippen LogP contribution in [-0.4, -0.2) is 6.54 Å². The highest BCUT2D eigenvalue weighted by Crippen LogP contribution is 2.14. The number of unbranched alkanes of at least 4 members (excludes halogenated alkanes) is 27. The fourth-order valence-electron chi connectivity index (χ4n) is 5.27. The lowest BCUT2D eigenvalue weighted by Crippen LogP contribution is -1.97. The van der Waals surface area contributed by atoms with Crippen molar-refractivity contribution in [2.24, 2.45) is 5.73 Å². The van der Waals surface area contributed by atoms with Gasteiger partial charge in [0.15, 0.2) is 0 Å². The highest BCUT2D eigenvalue weighted by atomic mass is 14.5. The molecule has 0 aliphatic carbocycles. The van der Waals surface area contributed by atoms with Crippen molar-refractivity contribution in [1.82, 2.24) is 0 Å². The molecule has 0 aromatic heterocycles. The van der Waals surface area contributed by atoms with Crippen LogP contribution in [0.1, 0.15) is 200 Å². The van der Waals surface area contributed by atoms with E-state index in [9.17, 15) is 0 Å². The number of nitrogens with two attached hydrogens (primary N) is 1. The van der Waals surface area contributed by atoms with Gasteiger partial charge in [0, 0.05) is 0 Å². The normalized spacial score (nSPS) is 11.9. The van der Waals surface area contributed by atoms with E-state index in [4.69, 9.17) is 5.73 Å². The van der Waals surface area contributed by atoms with Crippen molar-refractivity contribution in [2.45, 2.75) is 200 Å². The molecule has 2 N–H and O–H groups in total. The van der Waals surface area contributed by atoms with Gasteiger partial charge in [-0.2, -0.15) is 0 Å². The molecule has 220 valence electrons. The average Bonchev–Trinajstić information content (AvgIpc) is 2.91. The van der Waals surface area contributed by atoms with Crippen molar-refractivity contribution in [3.63, 3.8) is 0 Å². The first-order valence-corrected chi connectivity index (χ1v) is 17.4. The van der Waals surface area contributed by atoms with E-state index < -0.39 is 0 Å². The fraction of sp³-hybridized carbons (Fsp3) is 0.889. The van der Waals surface area contributed by atoms with Crippen LogP contribution in [0, 0.1) is 0 Å². The Morgan fingerprint density at radius 3 is 0.757 bits per heavy atom. The second kappa shape index (κ2) is 35.4. The van der Waals surface area contributed by atoms with Crippen molar-refractivity contribution >= 4 is 0 Å². The van der Waals surface area contributed by atoms with Crippen molar-refractivity contribution in [3.05, 3.63) is 24.3 Å². The number of allylic oxidation sites excluding steroid dienone is 4. The van der Waals surface area contributed by atoms with Gasteiger partial charge in [-0.3, -0.25) is 0 Å². The molecule has 0 saturated heterocycles. The molecule has 0 saturated carbocycles. The molecular weight excluding hydrogens is 446 g/mol. The van der Waals surface area contributed by atoms with E-state index in [1.54, 1.807) is 0 Å². The zero-order valence-electron chi connectivity index (χ0n) is 25.8. The summed E-state index contributed by atoms with van der Waals surface area (Å²) >= 11 is 0. The third-order valence-electron chi connectivity index (χ3n) is 7.87. The Morgan fingerprint density at radius 2 is 0.514 bits per heavy atom. The van der Waals surface area contributed by atoms with Crippen molar-refractivity contribution < 1.29 is 0 Å². The van der Waals surface area contributed by atoms with Crippen LogP contribution in [0.5, 0.6) is 0 Å². The first-order chi connectivity index (χ1) is 18.4. The monoisotopic (exact) mass is 518 g/mol. The third kappa shape index (κ3) is 35.4. The zero-order valence-corrected chi connectivity index (χ0v) is 25.8. The lowest BCUT2D eigenvalue weighted by molar-refractivity contribution is 0.540. The van der Waals surface area contributed by atoms with Gasteiger partial charge in [-0.1, -0.05) is 166 Å². The molecular formula is C36H71N. The number of rotatable bonds is 32. The lowest BCUT2D eigenvalue weighted by atomic mass is 10.0. The molecule has 37 heavy (non-hydrogen) atoms. The van der Waals surface area contributed by atoms with Crippen LogP contribution in [0.2, 0.25) is 0 Å². The van der Waals surface area contributed by atoms with E-state index in [1.165, 1.54) is 193 Å². The number of hydrogen-bond acceptors (Lipinski definition) is 1. The smallest absolute Gasteiger partial charge is 0.00773 e. The molecule has 0 radical (unpaired) electrons. The Labute approximate surface area is 235 Å². The second-order valence-electron chi connectivity index (χ2n) is 11.7. The third-order valence-corrected chi connectivity index (χ3v) is 7.87. The van der Waals surface area contributed by atoms with Gasteiger partial charge in [-0.25, -0.2) is 0 Å². The Bertz CT molecular complexity index is 438. The molecule has 0 atom stereocenters. The van der Waals surface area contributed by atoms with Gasteiger partial charge in [0.2, 0.25) is 0 Å². The summed E-state index contributed by atoms with van der Waals surface area (Å²) in [6.45, 7) is 3.16. The quantitative estimate of drug-likeness (QED) is 0.0696. The van der Waals surface area contributed by atoms with Crippen LogP contribution in [0.4, 0.5) is 0 Å². The molecule has 0 aromatic rings. The summed E-state index contributed by atoms with van der Waals surface area (Å²) in [6.07, 6.45) is 51.8. The summed E-state index contributed by atoms with van der Waals surface area (Å²) in [5, 5.41) is 0. The largest absolute Gasteiger partial charge is 0.330 e. The van der Waals surface area contributed by atoms with E-state index >= 15 is 0 Å². The van der Waals surface area contributed by atoms with E-state index in [0.717, 1.165) is 6.54 Å². The van der Waals surface area contributed by atoms with E-state index in [1.807, 2.05) is 0 Å². The van der Waals surface area contributed by atoms with E-state index in [0.29, 0.717) is 0 Å². The second-order valence-corrected chi connectivity index (χ2v) is 11.7. The Hall–Kier alpha value is -0.560. The number of hydrogen-bond donors (Lipinski definition) is 1. The molecule has 0 heterocycles. The standard InChI is InChI=1S/C36H71N/c1-2-3-4-5-6-7-8-9-10-11-12-13-14-15-16-17-18-19-20-21-22-23-24-25-26-27-28-29-30-31-32-33-34-35-36-37/h16-17,27-28H,2-15,18-26,29-37H2,1H3. The SMILES string of the molecule is CCCCCCCCCCCCCCCC=CCCCCCCCCCC=CCCCCCCCCN. The van der Waals surface area contributed by atoms with Crippen molar-refractivity contribution in [1.29, 1.82) is 0 Å². The Morgan fingerprint density at radius 1 is 0.297 bits per heavy atom. The van der Waals surface area contributed by atoms with Gasteiger partial charge < -0.3 is 5.73 Å². The molecule has 0 fully saturated rings. The summed E-state index contributed by atoms with van der Waals surface area (Å²) in [5.41, 5.74) is 5.53. The topological polar surface area (TPSA) is 26.0 Å². The van der Waals surface area contributed by atoms with Crippen LogP contribution < -0.4 is 5.73 Å². The molecule has 0 bridgehead atoms. The Balaban J connectivity index is 3.12. The predicted molar refractivity (Wildman–Crippen MR) is 172 cm³/mol. The molecule has 0 rings (SSSR count). The van der Waals surface area contributed by atoms with Gasteiger partial charge in [0.05, 0.1) is 0 Å². The zero-order chi connectivity index (χ0) is 26.7. The van der Waals surface area contributed by atoms with E-state index in [2.05, 4.69) is 31.2 Å². The minimum Gasteiger partial charge on any atom is -0.330 e. The van der Waals surface area contributed by atoms with Gasteiger partial charge in [-0.05, 0) is 64.3 Å². The Kier molecular flexibility index (Phi) is 34.9. The molecule has 0 spiro atoms. The summed E-state index contributed by atoms with van der Waals surface area (Å²) in [4.78, 5) is 0. The fourth-order valence-corrected chi connectivity index (χ4v) is 5.27. The molecule has 1 heteroatoms. The first-order valence-electron chi connectivity index (χ1n) is 17.4. The molecule has 0 aliphatic rings. The van der Waals surface area contributed by atoms with Crippen LogP contribution in [-0.2, 0) is 0 Å². The highest BCUT2D eigenvalue weighted by molar-refractivity contribution is 4.82. The maximum Gasteiger partial charge on any atom is -0.00773 e. The van der Waals surface area contributed by atoms with Gasteiger partial charge in [-0.15, -0.1) is 0 Å². The van der Waals surface area contributed by atoms with Crippen LogP contribution >= 0.6 is 0 Å². The maximum absolute atomic E-state index is 5.53. The van der Waals surface area contributed by atoms with Gasteiger partial charge in [0.1, 0.15) is 0 Å². The van der Waals surface area contributed by atoms with Crippen molar-refractivity contribution in [3.8, 4) is 0 Å². The van der Waals surface area contributed by atoms with Crippen LogP contribution in [0.3, 0.4) is 0 Å². The summed E-state index contributed by atoms with van der Waals surface area (Å²) < 4.78 is 0. The van der Waals surface area contributed by atoms with Gasteiger partial charge in [0.25, 0.3) is 0 Å². The summed E-state index contributed by atoms with van der Waals surface area (Å²) in [7, 11) is 0. The highest BCUT2D eigenvalue weighted by Gasteiger charge is 1.94. The molecule has 0 amide bonds. The van der Waals surface area contributed by atoms with Crippen molar-refractivity contribution in [2.75, 3.05) is 6.54 Å². The minimum atomic E-state index is 0.861. The average molecular weight is 518 g/mol. The van der Waals surface area contributed by atoms with Crippen LogP contribution in [0.25, 0.3) is 0 Å². The maximum atomic E-state index is 5.53. The summed E-state index contributed by atoms with van der Waals surface area (Å²) in [5.74, 6) is 0. The van der Waals surface area contributed by atoms with Crippen LogP contribution in [0.15, 0.2) is 24.3 Å². The lowest BCUT2D eigenvalue weighted by Gasteiger charge is -2.02.